The maximum atomic E-state index is 11.7. The molecule has 2 amide bonds. The number of hydrogen-bond acceptors (Lipinski definition) is 3. The zero-order valence-electron chi connectivity index (χ0n) is 10.6. The van der Waals surface area contributed by atoms with Crippen LogP contribution in [0.15, 0.2) is 24.5 Å². The summed E-state index contributed by atoms with van der Waals surface area (Å²) in [6, 6.07) is 3.58. The van der Waals surface area contributed by atoms with Crippen LogP contribution in [0.1, 0.15) is 31.4 Å². The Morgan fingerprint density at radius 2 is 2.56 bits per heavy atom. The first-order valence-corrected chi connectivity index (χ1v) is 6.31. The predicted molar refractivity (Wildman–Crippen MR) is 68.2 cm³/mol. The molecule has 0 bridgehead atoms. The lowest BCUT2D eigenvalue weighted by molar-refractivity contribution is 0.111. The lowest BCUT2D eigenvalue weighted by atomic mass is 10.1. The average molecular weight is 249 g/mol. The summed E-state index contributed by atoms with van der Waals surface area (Å²) in [5, 5.41) is 5.70. The first kappa shape index (κ1) is 12.8. The number of urea groups is 1. The van der Waals surface area contributed by atoms with Crippen LogP contribution in [0.3, 0.4) is 0 Å². The van der Waals surface area contributed by atoms with Crippen LogP contribution in [-0.4, -0.2) is 30.3 Å². The Morgan fingerprint density at radius 3 is 3.22 bits per heavy atom. The van der Waals surface area contributed by atoms with Gasteiger partial charge < -0.3 is 15.4 Å². The van der Waals surface area contributed by atoms with Crippen LogP contribution < -0.4 is 10.6 Å². The van der Waals surface area contributed by atoms with E-state index in [1.54, 1.807) is 12.4 Å². The molecule has 5 heteroatoms. The molecule has 1 aliphatic heterocycles. The molecular weight excluding hydrogens is 230 g/mol. The highest BCUT2D eigenvalue weighted by molar-refractivity contribution is 5.74. The van der Waals surface area contributed by atoms with Crippen molar-refractivity contribution in [3.05, 3.63) is 30.1 Å². The van der Waals surface area contributed by atoms with Crippen molar-refractivity contribution in [1.82, 2.24) is 15.6 Å². The highest BCUT2D eigenvalue weighted by atomic mass is 16.5. The van der Waals surface area contributed by atoms with E-state index in [0.717, 1.165) is 25.0 Å². The number of amides is 2. The molecule has 1 fully saturated rings. The second-order valence-electron chi connectivity index (χ2n) is 4.50. The molecule has 18 heavy (non-hydrogen) atoms. The molecule has 2 atom stereocenters. The Hall–Kier alpha value is -1.62. The van der Waals surface area contributed by atoms with E-state index >= 15 is 0 Å². The number of ether oxygens (including phenoxy) is 1. The molecular formula is C13H19N3O2. The van der Waals surface area contributed by atoms with Crippen LogP contribution in [0.5, 0.6) is 0 Å². The van der Waals surface area contributed by atoms with Crippen LogP contribution in [0.25, 0.3) is 0 Å². The molecule has 0 unspecified atom stereocenters. The van der Waals surface area contributed by atoms with Crippen molar-refractivity contribution in [3.63, 3.8) is 0 Å². The third-order valence-corrected chi connectivity index (χ3v) is 3.05. The van der Waals surface area contributed by atoms with Crippen LogP contribution >= 0.6 is 0 Å². The first-order valence-electron chi connectivity index (χ1n) is 6.31. The Labute approximate surface area is 107 Å². The van der Waals surface area contributed by atoms with Crippen LogP contribution in [0, 0.1) is 0 Å². The molecule has 2 rings (SSSR count). The Morgan fingerprint density at radius 1 is 1.67 bits per heavy atom. The minimum atomic E-state index is -0.165. The normalized spacial score (nSPS) is 20.4. The van der Waals surface area contributed by atoms with Gasteiger partial charge >= 0.3 is 6.03 Å². The summed E-state index contributed by atoms with van der Waals surface area (Å²) in [5.74, 6) is 0. The lowest BCUT2D eigenvalue weighted by Gasteiger charge is -2.16. The van der Waals surface area contributed by atoms with Gasteiger partial charge in [0.2, 0.25) is 0 Å². The van der Waals surface area contributed by atoms with E-state index in [2.05, 4.69) is 15.6 Å². The van der Waals surface area contributed by atoms with Gasteiger partial charge in [0.15, 0.2) is 0 Å². The van der Waals surface area contributed by atoms with Gasteiger partial charge in [-0.3, -0.25) is 4.98 Å². The molecule has 1 saturated heterocycles. The van der Waals surface area contributed by atoms with Crippen LogP contribution in [0.2, 0.25) is 0 Å². The van der Waals surface area contributed by atoms with E-state index in [0.29, 0.717) is 6.54 Å². The molecule has 0 spiro atoms. The maximum Gasteiger partial charge on any atom is 0.315 e. The zero-order chi connectivity index (χ0) is 12.8. The molecule has 98 valence electrons. The number of aromatic nitrogens is 1. The van der Waals surface area contributed by atoms with Crippen LogP contribution in [0.4, 0.5) is 4.79 Å². The van der Waals surface area contributed by atoms with Gasteiger partial charge in [-0.05, 0) is 31.4 Å². The predicted octanol–water partition coefficient (Wildman–Crippen LogP) is 1.62. The van der Waals surface area contributed by atoms with Gasteiger partial charge in [0, 0.05) is 25.5 Å². The molecule has 1 aliphatic rings. The first-order chi connectivity index (χ1) is 8.75. The van der Waals surface area contributed by atoms with Crippen molar-refractivity contribution in [2.45, 2.75) is 31.9 Å². The fourth-order valence-electron chi connectivity index (χ4n) is 1.97. The van der Waals surface area contributed by atoms with E-state index in [-0.39, 0.29) is 18.2 Å². The van der Waals surface area contributed by atoms with Crippen molar-refractivity contribution in [2.24, 2.45) is 0 Å². The summed E-state index contributed by atoms with van der Waals surface area (Å²) < 4.78 is 5.44. The smallest absolute Gasteiger partial charge is 0.315 e. The van der Waals surface area contributed by atoms with E-state index in [4.69, 9.17) is 4.74 Å². The molecule has 2 N–H and O–H groups in total. The molecule has 0 radical (unpaired) electrons. The number of pyridine rings is 1. The van der Waals surface area contributed by atoms with Gasteiger partial charge in [-0.25, -0.2) is 4.79 Å². The van der Waals surface area contributed by atoms with E-state index in [9.17, 15) is 4.79 Å². The quantitative estimate of drug-likeness (QED) is 0.852. The minimum absolute atomic E-state index is 0.0526. The molecule has 1 aromatic heterocycles. The van der Waals surface area contributed by atoms with E-state index in [1.165, 1.54) is 0 Å². The lowest BCUT2D eigenvalue weighted by Crippen LogP contribution is -2.40. The molecule has 0 aromatic carbocycles. The van der Waals surface area contributed by atoms with Crippen molar-refractivity contribution in [2.75, 3.05) is 13.2 Å². The second-order valence-corrected chi connectivity index (χ2v) is 4.50. The molecule has 0 aliphatic carbocycles. The largest absolute Gasteiger partial charge is 0.376 e. The maximum absolute atomic E-state index is 11.7. The Bertz CT molecular complexity index is 377. The number of carbonyl (C=O) groups is 1. The van der Waals surface area contributed by atoms with Gasteiger partial charge in [-0.2, -0.15) is 0 Å². The topological polar surface area (TPSA) is 63.2 Å². The number of rotatable bonds is 4. The summed E-state index contributed by atoms with van der Waals surface area (Å²) in [4.78, 5) is 15.7. The molecule has 0 saturated carbocycles. The Balaban J connectivity index is 1.73. The van der Waals surface area contributed by atoms with Gasteiger partial charge in [0.25, 0.3) is 0 Å². The summed E-state index contributed by atoms with van der Waals surface area (Å²) in [6.45, 7) is 3.31. The average Bonchev–Trinajstić information content (AvgIpc) is 2.90. The van der Waals surface area contributed by atoms with Gasteiger partial charge in [-0.15, -0.1) is 0 Å². The van der Waals surface area contributed by atoms with Gasteiger partial charge in [0.1, 0.15) is 0 Å². The van der Waals surface area contributed by atoms with E-state index in [1.807, 2.05) is 19.1 Å². The number of nitrogens with zero attached hydrogens (tertiary/aromatic N) is 1. The third-order valence-electron chi connectivity index (χ3n) is 3.05. The van der Waals surface area contributed by atoms with Gasteiger partial charge in [-0.1, -0.05) is 6.07 Å². The summed E-state index contributed by atoms with van der Waals surface area (Å²) in [5.41, 5.74) is 0.991. The van der Waals surface area contributed by atoms with Crippen molar-refractivity contribution < 1.29 is 9.53 Å². The number of carbonyl (C=O) groups excluding carboxylic acids is 1. The van der Waals surface area contributed by atoms with Crippen LogP contribution in [-0.2, 0) is 4.74 Å². The molecule has 5 nitrogen and oxygen atoms in total. The monoisotopic (exact) mass is 249 g/mol. The second kappa shape index (κ2) is 6.35. The summed E-state index contributed by atoms with van der Waals surface area (Å²) in [7, 11) is 0. The fraction of sp³-hybridized carbons (Fsp3) is 0.538. The fourth-order valence-corrected chi connectivity index (χ4v) is 1.97. The molecule has 2 heterocycles. The number of nitrogens with one attached hydrogen (secondary N) is 2. The Kier molecular flexibility index (Phi) is 4.52. The van der Waals surface area contributed by atoms with Crippen molar-refractivity contribution >= 4 is 6.03 Å². The van der Waals surface area contributed by atoms with Crippen molar-refractivity contribution in [1.29, 1.82) is 0 Å². The van der Waals surface area contributed by atoms with Gasteiger partial charge in [0.05, 0.1) is 12.1 Å². The highest BCUT2D eigenvalue weighted by Gasteiger charge is 2.16. The number of hydrogen-bond donors (Lipinski definition) is 2. The third kappa shape index (κ3) is 3.70. The van der Waals surface area contributed by atoms with E-state index < -0.39 is 0 Å². The molecule has 1 aromatic rings. The van der Waals surface area contributed by atoms with Crippen molar-refractivity contribution in [3.8, 4) is 0 Å². The standard InChI is InChI=1S/C13H19N3O2/c1-10(11-4-2-6-14-8-11)16-13(17)15-9-12-5-3-7-18-12/h2,4,6,8,10,12H,3,5,7,9H2,1H3,(H2,15,16,17)/t10-,12-/m1/s1. The highest BCUT2D eigenvalue weighted by Crippen LogP contribution is 2.11. The summed E-state index contributed by atoms with van der Waals surface area (Å²) >= 11 is 0. The minimum Gasteiger partial charge on any atom is -0.376 e. The zero-order valence-corrected chi connectivity index (χ0v) is 10.6. The SMILES string of the molecule is C[C@@H](NC(=O)NC[C@H]1CCCO1)c1cccnc1. The summed E-state index contributed by atoms with van der Waals surface area (Å²) in [6.07, 6.45) is 5.75.